The molecule has 2 amide bonds. The maximum atomic E-state index is 13.3. The molecule has 1 heterocycles. The maximum absolute atomic E-state index is 13.3. The van der Waals surface area contributed by atoms with Gasteiger partial charge in [0.2, 0.25) is 0 Å². The van der Waals surface area contributed by atoms with Crippen molar-refractivity contribution in [2.45, 2.75) is 58.7 Å². The van der Waals surface area contributed by atoms with E-state index in [1.807, 2.05) is 0 Å². The second-order valence-corrected chi connectivity index (χ2v) is 11.6. The minimum absolute atomic E-state index is 0.0162. The van der Waals surface area contributed by atoms with Crippen molar-refractivity contribution in [2.75, 3.05) is 24.0 Å². The summed E-state index contributed by atoms with van der Waals surface area (Å²) in [7, 11) is 2.30. The molecule has 2 aromatic rings. The van der Waals surface area contributed by atoms with Crippen LogP contribution >= 0.6 is 0 Å². The van der Waals surface area contributed by atoms with Gasteiger partial charge >= 0.3 is 24.1 Å². The zero-order chi connectivity index (χ0) is 33.0. The Balaban J connectivity index is 2.24. The lowest BCUT2D eigenvalue weighted by Gasteiger charge is -2.36. The smallest absolute Gasteiger partial charge is 0.424 e. The van der Waals surface area contributed by atoms with Crippen LogP contribution in [-0.4, -0.2) is 49.5 Å². The van der Waals surface area contributed by atoms with Crippen molar-refractivity contribution in [3.05, 3.63) is 82.8 Å². The van der Waals surface area contributed by atoms with Crippen LogP contribution in [0.4, 0.5) is 21.0 Å². The van der Waals surface area contributed by atoms with Gasteiger partial charge in [0.1, 0.15) is 22.7 Å². The number of anilines is 2. The molecule has 2 aromatic carbocycles. The summed E-state index contributed by atoms with van der Waals surface area (Å²) in [4.78, 5) is 54.7. The summed E-state index contributed by atoms with van der Waals surface area (Å²) in [5.41, 5.74) is 5.07. The Bertz CT molecular complexity index is 1510. The van der Waals surface area contributed by atoms with Gasteiger partial charge in [-0.05, 0) is 71.4 Å². The van der Waals surface area contributed by atoms with Crippen molar-refractivity contribution in [2.24, 2.45) is 5.73 Å². The Morgan fingerprint density at radius 2 is 1.32 bits per heavy atom. The van der Waals surface area contributed by atoms with Gasteiger partial charge in [-0.2, -0.15) is 10.2 Å². The molecule has 1 unspecified atom stereocenters. The van der Waals surface area contributed by atoms with E-state index in [0.29, 0.717) is 5.56 Å². The number of hydrogen-bond acceptors (Lipinski definition) is 11. The van der Waals surface area contributed by atoms with E-state index in [1.54, 1.807) is 71.9 Å². The van der Waals surface area contributed by atoms with Gasteiger partial charge in [0.15, 0.2) is 0 Å². The second-order valence-electron chi connectivity index (χ2n) is 11.6. The molecule has 2 N–H and O–H groups in total. The molecule has 0 aliphatic carbocycles. The number of carbonyl (C=O) groups is 4. The Hall–Kier alpha value is -5.31. The normalized spacial score (nSPS) is 15.2. The van der Waals surface area contributed by atoms with Crippen molar-refractivity contribution >= 4 is 35.5 Å². The number of ether oxygens (including phenoxy) is 4. The summed E-state index contributed by atoms with van der Waals surface area (Å²) in [6.45, 7) is 9.93. The zero-order valence-electron chi connectivity index (χ0n) is 26.0. The third kappa shape index (κ3) is 7.18. The van der Waals surface area contributed by atoms with E-state index in [4.69, 9.17) is 24.7 Å². The van der Waals surface area contributed by atoms with Crippen molar-refractivity contribution in [1.29, 1.82) is 5.26 Å². The van der Waals surface area contributed by atoms with Crippen molar-refractivity contribution < 1.29 is 38.1 Å². The molecule has 0 aromatic heterocycles. The topological polar surface area (TPSA) is 161 Å². The summed E-state index contributed by atoms with van der Waals surface area (Å²) < 4.78 is 21.0. The molecule has 0 spiro atoms. The van der Waals surface area contributed by atoms with Crippen LogP contribution in [0.2, 0.25) is 0 Å². The van der Waals surface area contributed by atoms with E-state index >= 15 is 0 Å². The van der Waals surface area contributed by atoms with Crippen molar-refractivity contribution in [3.63, 3.8) is 0 Å². The lowest BCUT2D eigenvalue weighted by molar-refractivity contribution is -0.139. The van der Waals surface area contributed by atoms with Crippen molar-refractivity contribution in [3.8, 4) is 6.07 Å². The van der Waals surface area contributed by atoms with Crippen LogP contribution in [0.15, 0.2) is 77.3 Å². The van der Waals surface area contributed by atoms with Crippen LogP contribution in [0.5, 0.6) is 0 Å². The number of hydrogen-bond donors (Lipinski definition) is 1. The third-order valence-electron chi connectivity index (χ3n) is 6.13. The third-order valence-corrected chi connectivity index (χ3v) is 6.13. The lowest BCUT2D eigenvalue weighted by Crippen LogP contribution is -2.44. The first-order valence-corrected chi connectivity index (χ1v) is 13.6. The van der Waals surface area contributed by atoms with Crippen LogP contribution in [-0.2, 0) is 28.5 Å². The van der Waals surface area contributed by atoms with Crippen LogP contribution < -0.4 is 15.5 Å². The fourth-order valence-corrected chi connectivity index (χ4v) is 4.43. The average molecular weight is 605 g/mol. The summed E-state index contributed by atoms with van der Waals surface area (Å²) in [5, 5.41) is 10.2. The first-order chi connectivity index (χ1) is 20.5. The SMILES string of the molecule is COC(=O)C1=C(C(=O)OC)N(c2ccc(N(C(=O)OC(C)(C)C)C(=O)OC(C)(C)C)cc2)C(N)=C(C#N)C1c1ccccc1. The van der Waals surface area contributed by atoms with E-state index in [1.165, 1.54) is 29.2 Å². The van der Waals surface area contributed by atoms with Crippen LogP contribution in [0.3, 0.4) is 0 Å². The molecule has 44 heavy (non-hydrogen) atoms. The number of nitrogens with two attached hydrogens (primary N) is 1. The number of methoxy groups -OCH3 is 2. The van der Waals surface area contributed by atoms with Gasteiger partial charge in [0.25, 0.3) is 0 Å². The van der Waals surface area contributed by atoms with E-state index < -0.39 is 41.2 Å². The minimum Gasteiger partial charge on any atom is -0.466 e. The molecule has 0 saturated heterocycles. The number of esters is 2. The average Bonchev–Trinajstić information content (AvgIpc) is 2.94. The molecule has 12 heteroatoms. The van der Waals surface area contributed by atoms with E-state index in [9.17, 15) is 24.4 Å². The number of nitriles is 1. The molecule has 1 aliphatic heterocycles. The van der Waals surface area contributed by atoms with E-state index in [0.717, 1.165) is 19.1 Å². The Morgan fingerprint density at radius 1 is 0.818 bits per heavy atom. The molecule has 1 atom stereocenters. The molecular formula is C32H36N4O8. The number of imide groups is 1. The van der Waals surface area contributed by atoms with Crippen molar-refractivity contribution in [1.82, 2.24) is 0 Å². The predicted molar refractivity (Wildman–Crippen MR) is 161 cm³/mol. The number of allylic oxidation sites excluding steroid dienone is 1. The minimum atomic E-state index is -1.03. The van der Waals surface area contributed by atoms with Crippen LogP contribution in [0, 0.1) is 11.3 Å². The predicted octanol–water partition coefficient (Wildman–Crippen LogP) is 5.26. The maximum Gasteiger partial charge on any atom is 0.424 e. The number of rotatable bonds is 5. The van der Waals surface area contributed by atoms with Gasteiger partial charge in [-0.25, -0.2) is 19.2 Å². The summed E-state index contributed by atoms with van der Waals surface area (Å²) in [6.07, 6.45) is -1.95. The number of amides is 2. The Labute approximate surface area is 256 Å². The quantitative estimate of drug-likeness (QED) is 0.350. The highest BCUT2D eigenvalue weighted by atomic mass is 16.6. The van der Waals surface area contributed by atoms with Gasteiger partial charge in [-0.15, -0.1) is 0 Å². The molecule has 1 aliphatic rings. The van der Waals surface area contributed by atoms with Gasteiger partial charge < -0.3 is 24.7 Å². The number of benzene rings is 2. The molecule has 12 nitrogen and oxygen atoms in total. The molecule has 0 radical (unpaired) electrons. The highest BCUT2D eigenvalue weighted by Gasteiger charge is 2.43. The summed E-state index contributed by atoms with van der Waals surface area (Å²) in [5.74, 6) is -2.96. The van der Waals surface area contributed by atoms with E-state index in [-0.39, 0.29) is 34.0 Å². The van der Waals surface area contributed by atoms with Gasteiger partial charge in [0, 0.05) is 5.69 Å². The van der Waals surface area contributed by atoms with Gasteiger partial charge in [-0.1, -0.05) is 30.3 Å². The standard InChI is InChI=1S/C32H36N4O8/c1-31(2,3)43-29(39)36(30(40)44-32(4,5)6)21-16-14-20(15-17-21)35-25(28(38)42-8)24(27(37)41-7)23(22(18-33)26(35)34)19-12-10-9-11-13-19/h9-17,23H,34H2,1-8H3. The first kappa shape index (κ1) is 33.2. The molecular weight excluding hydrogens is 568 g/mol. The summed E-state index contributed by atoms with van der Waals surface area (Å²) in [6, 6.07) is 16.4. The fraction of sp³-hybridized carbons (Fsp3) is 0.344. The number of carbonyl (C=O) groups excluding carboxylic acids is 4. The summed E-state index contributed by atoms with van der Waals surface area (Å²) >= 11 is 0. The molecule has 0 saturated carbocycles. The van der Waals surface area contributed by atoms with Gasteiger partial charge in [0.05, 0.1) is 43.0 Å². The first-order valence-electron chi connectivity index (χ1n) is 13.6. The number of nitrogens with zero attached hydrogens (tertiary/aromatic N) is 3. The Morgan fingerprint density at radius 3 is 1.75 bits per heavy atom. The zero-order valence-corrected chi connectivity index (χ0v) is 26.0. The van der Waals surface area contributed by atoms with Gasteiger partial charge in [-0.3, -0.25) is 4.90 Å². The van der Waals surface area contributed by atoms with E-state index in [2.05, 4.69) is 6.07 Å². The van der Waals surface area contributed by atoms with Crippen LogP contribution in [0.1, 0.15) is 53.0 Å². The fourth-order valence-electron chi connectivity index (χ4n) is 4.43. The molecule has 3 rings (SSSR count). The molecule has 232 valence electrons. The second kappa shape index (κ2) is 12.9. The van der Waals surface area contributed by atoms with Crippen LogP contribution in [0.25, 0.3) is 0 Å². The monoisotopic (exact) mass is 604 g/mol. The highest BCUT2D eigenvalue weighted by molar-refractivity contribution is 6.10. The lowest BCUT2D eigenvalue weighted by atomic mass is 9.81. The molecule has 0 bridgehead atoms. The Kier molecular flexibility index (Phi) is 9.74. The molecule has 0 fully saturated rings. The largest absolute Gasteiger partial charge is 0.466 e. The highest BCUT2D eigenvalue weighted by Crippen LogP contribution is 2.43.